The number of hydrogen-bond donors (Lipinski definition) is 1. The van der Waals surface area contributed by atoms with E-state index >= 15 is 0 Å². The van der Waals surface area contributed by atoms with E-state index in [0.29, 0.717) is 18.4 Å². The fourth-order valence-corrected chi connectivity index (χ4v) is 4.51. The molecule has 0 fully saturated rings. The lowest BCUT2D eigenvalue weighted by Gasteiger charge is -2.35. The second kappa shape index (κ2) is 13.0. The Labute approximate surface area is 224 Å². The summed E-state index contributed by atoms with van der Waals surface area (Å²) in [5, 5.41) is 10.7. The quantitative estimate of drug-likeness (QED) is 0.234. The highest BCUT2D eigenvalue weighted by molar-refractivity contribution is 6.03. The Kier molecular flexibility index (Phi) is 9.83. The zero-order chi connectivity index (χ0) is 27.6. The number of benzene rings is 3. The molecular weight excluding hydrogens is 480 g/mol. The first-order chi connectivity index (χ1) is 18.1. The standard InChI is InChI=1S/C32H36O6/c1-31(2,3)38-28(33)27(21-13-20-24-14-7-4-8-15-24)32(29(34)35,22-25-16-9-5-10-17-25)30(36)37-23-26-18-11-6-12-19-26/h4-12,14-19,27H,13,20-23H2,1-3H3,(H,34,35)/t27-,32-/m1/s1. The molecule has 0 amide bonds. The zero-order valence-electron chi connectivity index (χ0n) is 22.3. The number of carboxylic acids is 1. The molecule has 1 N–H and O–H groups in total. The molecule has 0 spiro atoms. The van der Waals surface area contributed by atoms with Gasteiger partial charge in [0.05, 0.1) is 5.92 Å². The minimum atomic E-state index is -2.17. The summed E-state index contributed by atoms with van der Waals surface area (Å²) in [5.74, 6) is -4.34. The number of esters is 2. The summed E-state index contributed by atoms with van der Waals surface area (Å²) in [6, 6.07) is 27.6. The first-order valence-electron chi connectivity index (χ1n) is 12.9. The van der Waals surface area contributed by atoms with Crippen molar-refractivity contribution in [1.82, 2.24) is 0 Å². The molecule has 6 nitrogen and oxygen atoms in total. The van der Waals surface area contributed by atoms with Gasteiger partial charge >= 0.3 is 17.9 Å². The lowest BCUT2D eigenvalue weighted by Crippen LogP contribution is -2.52. The monoisotopic (exact) mass is 516 g/mol. The molecule has 0 saturated heterocycles. The number of aliphatic carboxylic acids is 1. The Hall–Kier alpha value is -3.93. The molecule has 200 valence electrons. The first kappa shape index (κ1) is 28.6. The first-order valence-corrected chi connectivity index (χ1v) is 12.9. The van der Waals surface area contributed by atoms with Crippen LogP contribution in [-0.2, 0) is 43.3 Å². The van der Waals surface area contributed by atoms with Gasteiger partial charge in [0.15, 0.2) is 5.41 Å². The van der Waals surface area contributed by atoms with E-state index in [2.05, 4.69) is 0 Å². The smallest absolute Gasteiger partial charge is 0.325 e. The van der Waals surface area contributed by atoms with Gasteiger partial charge in [0.1, 0.15) is 12.2 Å². The summed E-state index contributed by atoms with van der Waals surface area (Å²) in [5.41, 5.74) is -0.638. The van der Waals surface area contributed by atoms with Gasteiger partial charge in [-0.05, 0) is 56.7 Å². The number of aryl methyl sites for hydroxylation is 1. The van der Waals surface area contributed by atoms with Crippen molar-refractivity contribution in [3.8, 4) is 0 Å². The number of carbonyl (C=O) groups excluding carboxylic acids is 2. The van der Waals surface area contributed by atoms with Crippen molar-refractivity contribution < 1.29 is 29.0 Å². The number of ether oxygens (including phenoxy) is 2. The van der Waals surface area contributed by atoms with Crippen molar-refractivity contribution in [2.75, 3.05) is 0 Å². The van der Waals surface area contributed by atoms with Gasteiger partial charge in [0, 0.05) is 6.42 Å². The van der Waals surface area contributed by atoms with Gasteiger partial charge in [-0.3, -0.25) is 14.4 Å². The molecule has 0 bridgehead atoms. The maximum atomic E-state index is 13.8. The van der Waals surface area contributed by atoms with Crippen LogP contribution in [0.25, 0.3) is 0 Å². The highest BCUT2D eigenvalue weighted by Gasteiger charge is 2.57. The Morgan fingerprint density at radius 1 is 0.763 bits per heavy atom. The van der Waals surface area contributed by atoms with Gasteiger partial charge in [0.25, 0.3) is 0 Å². The maximum absolute atomic E-state index is 13.8. The van der Waals surface area contributed by atoms with Crippen molar-refractivity contribution in [2.45, 2.75) is 58.7 Å². The van der Waals surface area contributed by atoms with Gasteiger partial charge in [-0.25, -0.2) is 0 Å². The van der Waals surface area contributed by atoms with Crippen molar-refractivity contribution in [3.63, 3.8) is 0 Å². The summed E-state index contributed by atoms with van der Waals surface area (Å²) >= 11 is 0. The summed E-state index contributed by atoms with van der Waals surface area (Å²) in [6.45, 7) is 5.06. The van der Waals surface area contributed by atoms with Crippen LogP contribution in [0.5, 0.6) is 0 Å². The third-order valence-electron chi connectivity index (χ3n) is 6.37. The molecule has 0 aliphatic rings. The van der Waals surface area contributed by atoms with Crippen LogP contribution in [0.3, 0.4) is 0 Å². The van der Waals surface area contributed by atoms with Crippen LogP contribution < -0.4 is 0 Å². The predicted octanol–water partition coefficient (Wildman–Crippen LogP) is 6.02. The molecule has 3 aromatic rings. The fourth-order valence-electron chi connectivity index (χ4n) is 4.51. The number of carboxylic acid groups (broad SMARTS) is 1. The van der Waals surface area contributed by atoms with E-state index in [1.54, 1.807) is 57.2 Å². The van der Waals surface area contributed by atoms with Gasteiger partial charge in [0.2, 0.25) is 0 Å². The minimum Gasteiger partial charge on any atom is -0.480 e. The average Bonchev–Trinajstić information content (AvgIpc) is 2.89. The van der Waals surface area contributed by atoms with E-state index < -0.39 is 34.8 Å². The van der Waals surface area contributed by atoms with Crippen LogP contribution >= 0.6 is 0 Å². The number of rotatable bonds is 12. The van der Waals surface area contributed by atoms with Gasteiger partial charge in [-0.2, -0.15) is 0 Å². The van der Waals surface area contributed by atoms with Gasteiger partial charge in [-0.15, -0.1) is 0 Å². The predicted molar refractivity (Wildman–Crippen MR) is 145 cm³/mol. The van der Waals surface area contributed by atoms with E-state index in [1.807, 2.05) is 54.6 Å². The van der Waals surface area contributed by atoms with Crippen molar-refractivity contribution in [1.29, 1.82) is 0 Å². The second-order valence-corrected chi connectivity index (χ2v) is 10.5. The molecule has 38 heavy (non-hydrogen) atoms. The Balaban J connectivity index is 2.01. The summed E-state index contributed by atoms with van der Waals surface area (Å²) in [4.78, 5) is 40.6. The zero-order valence-corrected chi connectivity index (χ0v) is 22.3. The van der Waals surface area contributed by atoms with Crippen LogP contribution in [-0.4, -0.2) is 28.6 Å². The van der Waals surface area contributed by atoms with Crippen LogP contribution in [0.1, 0.15) is 50.3 Å². The third-order valence-corrected chi connectivity index (χ3v) is 6.37. The average molecular weight is 517 g/mol. The van der Waals surface area contributed by atoms with Gasteiger partial charge < -0.3 is 14.6 Å². The number of carbonyl (C=O) groups is 3. The molecule has 2 atom stereocenters. The Morgan fingerprint density at radius 3 is 1.76 bits per heavy atom. The summed E-state index contributed by atoms with van der Waals surface area (Å²) < 4.78 is 11.3. The lowest BCUT2D eigenvalue weighted by molar-refractivity contribution is -0.186. The molecule has 0 heterocycles. The fraction of sp³-hybridized carbons (Fsp3) is 0.344. The molecule has 0 saturated carbocycles. The second-order valence-electron chi connectivity index (χ2n) is 10.5. The molecule has 0 radical (unpaired) electrons. The van der Waals surface area contributed by atoms with Crippen LogP contribution in [0.2, 0.25) is 0 Å². The van der Waals surface area contributed by atoms with E-state index in [9.17, 15) is 19.5 Å². The largest absolute Gasteiger partial charge is 0.480 e. The summed E-state index contributed by atoms with van der Waals surface area (Å²) in [7, 11) is 0. The molecule has 3 aromatic carbocycles. The maximum Gasteiger partial charge on any atom is 0.325 e. The molecular formula is C32H36O6. The highest BCUT2D eigenvalue weighted by atomic mass is 16.6. The van der Waals surface area contributed by atoms with Crippen molar-refractivity contribution in [3.05, 3.63) is 108 Å². The van der Waals surface area contributed by atoms with Gasteiger partial charge in [-0.1, -0.05) is 91.0 Å². The minimum absolute atomic E-state index is 0.103. The summed E-state index contributed by atoms with van der Waals surface area (Å²) in [6.07, 6.45) is 1.05. The van der Waals surface area contributed by atoms with E-state index in [-0.39, 0.29) is 19.4 Å². The molecule has 0 unspecified atom stereocenters. The normalized spacial score (nSPS) is 13.7. The van der Waals surface area contributed by atoms with Crippen molar-refractivity contribution >= 4 is 17.9 Å². The third kappa shape index (κ3) is 7.78. The van der Waals surface area contributed by atoms with Crippen LogP contribution in [0.4, 0.5) is 0 Å². The SMILES string of the molecule is CC(C)(C)OC(=O)[C@@H](CCCc1ccccc1)[C@](Cc1ccccc1)(C(=O)O)C(=O)OCc1ccccc1. The Bertz CT molecular complexity index is 1180. The van der Waals surface area contributed by atoms with Crippen molar-refractivity contribution in [2.24, 2.45) is 11.3 Å². The molecule has 0 aliphatic heterocycles. The van der Waals surface area contributed by atoms with Crippen LogP contribution in [0.15, 0.2) is 91.0 Å². The molecule has 6 heteroatoms. The number of hydrogen-bond acceptors (Lipinski definition) is 5. The Morgan fingerprint density at radius 2 is 1.26 bits per heavy atom. The topological polar surface area (TPSA) is 89.9 Å². The molecule has 3 rings (SSSR count). The van der Waals surface area contributed by atoms with E-state index in [4.69, 9.17) is 9.47 Å². The molecule has 0 aromatic heterocycles. The highest BCUT2D eigenvalue weighted by Crippen LogP contribution is 2.39. The van der Waals surface area contributed by atoms with E-state index in [1.165, 1.54) is 0 Å². The van der Waals surface area contributed by atoms with Crippen LogP contribution in [0, 0.1) is 11.3 Å². The molecule has 0 aliphatic carbocycles. The van der Waals surface area contributed by atoms with E-state index in [0.717, 1.165) is 11.1 Å². The lowest BCUT2D eigenvalue weighted by atomic mass is 9.68.